The maximum Gasteiger partial charge on any atom is 0.187 e. The predicted molar refractivity (Wildman–Crippen MR) is 188 cm³/mol. The highest BCUT2D eigenvalue weighted by molar-refractivity contribution is 5.16. The van der Waals surface area contributed by atoms with E-state index in [-0.39, 0.29) is 30.5 Å². The molecule has 20 unspecified atom stereocenters. The molecule has 20 nitrogen and oxygen atoms in total. The minimum Gasteiger partial charge on any atom is -0.393 e. The van der Waals surface area contributed by atoms with E-state index in [4.69, 9.17) is 37.9 Å². The van der Waals surface area contributed by atoms with E-state index in [2.05, 4.69) is 13.5 Å². The summed E-state index contributed by atoms with van der Waals surface area (Å²) in [6, 6.07) is 0. The molecule has 0 amide bonds. The Balaban J connectivity index is 1.03. The number of ether oxygens (including phenoxy) is 8. The van der Waals surface area contributed by atoms with Crippen LogP contribution in [0.25, 0.3) is 0 Å². The standard InChI is InChI=1S/C37H62O20/c1-16-7-18(54-30-26(44)24(42)22(40)20(55-30)10-50-32-28(46)36(48,12-38)14-52-32)9-35(4)6-5-17(8-19(16)35)34(2,3)57-31-27(45)25(43)23(41)21(56-31)11-51-33-29(47)37(49,13-39)15-53-33/h17-33,38-49H,1,5-15H2,2-4H3. The fraction of sp³-hybridized carbons (Fsp3) is 0.946. The Kier molecular flexibility index (Phi) is 13.9. The van der Waals surface area contributed by atoms with Crippen molar-refractivity contribution >= 4 is 0 Å². The predicted octanol–water partition coefficient (Wildman–Crippen LogP) is -4.53. The van der Waals surface area contributed by atoms with Crippen LogP contribution in [-0.4, -0.2) is 210 Å². The summed E-state index contributed by atoms with van der Waals surface area (Å²) in [7, 11) is 0. The molecule has 0 spiro atoms. The lowest BCUT2D eigenvalue weighted by molar-refractivity contribution is -0.336. The van der Waals surface area contributed by atoms with Gasteiger partial charge in [-0.05, 0) is 63.2 Å². The molecule has 330 valence electrons. The SMILES string of the molecule is C=C1CC(OC2OC(COC3OCC(O)(CO)C3O)C(O)C(O)C2O)CC2(C)CCC(C(C)(C)OC3OC(COC4OCC(O)(CO)C4O)C(O)C(O)C3O)CC12. The number of hydrogen-bond donors (Lipinski definition) is 12. The maximum absolute atomic E-state index is 10.9. The van der Waals surface area contributed by atoms with Gasteiger partial charge in [0.1, 0.15) is 72.2 Å². The van der Waals surface area contributed by atoms with E-state index in [0.29, 0.717) is 32.1 Å². The van der Waals surface area contributed by atoms with E-state index in [1.54, 1.807) is 0 Å². The van der Waals surface area contributed by atoms with Crippen molar-refractivity contribution in [3.8, 4) is 0 Å². The molecule has 2 saturated carbocycles. The third kappa shape index (κ3) is 8.98. The van der Waals surface area contributed by atoms with Crippen LogP contribution in [0.4, 0.5) is 0 Å². The van der Waals surface area contributed by atoms with Gasteiger partial charge in [0, 0.05) is 0 Å². The number of hydrogen-bond acceptors (Lipinski definition) is 20. The Hall–Kier alpha value is -1.06. The molecule has 2 aliphatic carbocycles. The Morgan fingerprint density at radius 3 is 1.70 bits per heavy atom. The second-order valence-electron chi connectivity index (χ2n) is 17.7. The summed E-state index contributed by atoms with van der Waals surface area (Å²) in [5.41, 5.74) is -4.18. The van der Waals surface area contributed by atoms with Crippen molar-refractivity contribution in [3.05, 3.63) is 12.2 Å². The van der Waals surface area contributed by atoms with E-state index in [1.165, 1.54) is 0 Å². The molecular formula is C37H62O20. The summed E-state index contributed by atoms with van der Waals surface area (Å²) in [6.45, 7) is 7.09. The number of aliphatic hydroxyl groups excluding tert-OH is 10. The highest BCUT2D eigenvalue weighted by Crippen LogP contribution is 2.56. The van der Waals surface area contributed by atoms with Gasteiger partial charge in [0.05, 0.1) is 51.3 Å². The first kappa shape index (κ1) is 45.5. The third-order valence-electron chi connectivity index (χ3n) is 13.2. The van der Waals surface area contributed by atoms with Gasteiger partial charge in [-0.3, -0.25) is 0 Å². The first-order valence-corrected chi connectivity index (χ1v) is 19.6. The molecule has 6 fully saturated rings. The molecule has 4 saturated heterocycles. The van der Waals surface area contributed by atoms with E-state index in [9.17, 15) is 61.3 Å². The summed E-state index contributed by atoms with van der Waals surface area (Å²) in [5.74, 6) is -0.0598. The molecule has 4 aliphatic heterocycles. The van der Waals surface area contributed by atoms with Crippen molar-refractivity contribution < 1.29 is 99.2 Å². The smallest absolute Gasteiger partial charge is 0.187 e. The lowest BCUT2D eigenvalue weighted by atomic mass is 9.54. The molecule has 20 heteroatoms. The zero-order chi connectivity index (χ0) is 41.8. The summed E-state index contributed by atoms with van der Waals surface area (Å²) in [6.07, 6.45) is -18.2. The average Bonchev–Trinajstić information content (AvgIpc) is 3.63. The van der Waals surface area contributed by atoms with E-state index < -0.39 is 136 Å². The zero-order valence-corrected chi connectivity index (χ0v) is 32.4. The maximum atomic E-state index is 10.9. The molecule has 57 heavy (non-hydrogen) atoms. The molecule has 0 aromatic rings. The van der Waals surface area contributed by atoms with E-state index >= 15 is 0 Å². The molecule has 0 aromatic heterocycles. The zero-order valence-electron chi connectivity index (χ0n) is 32.4. The lowest BCUT2D eigenvalue weighted by Crippen LogP contribution is -2.61. The van der Waals surface area contributed by atoms with Gasteiger partial charge in [-0.1, -0.05) is 19.1 Å². The topological polar surface area (TPSA) is 317 Å². The van der Waals surface area contributed by atoms with Crippen LogP contribution in [0.3, 0.4) is 0 Å². The highest BCUT2D eigenvalue weighted by atomic mass is 16.7. The monoisotopic (exact) mass is 826 g/mol. The van der Waals surface area contributed by atoms with Gasteiger partial charge in [0.2, 0.25) is 0 Å². The fourth-order valence-electron chi connectivity index (χ4n) is 9.18. The van der Waals surface area contributed by atoms with Crippen LogP contribution in [0.15, 0.2) is 12.2 Å². The Bertz CT molecular complexity index is 1370. The normalized spacial score (nSPS) is 50.9. The van der Waals surface area contributed by atoms with Gasteiger partial charge in [-0.15, -0.1) is 0 Å². The summed E-state index contributed by atoms with van der Waals surface area (Å²) >= 11 is 0. The fourth-order valence-corrected chi connectivity index (χ4v) is 9.18. The number of fused-ring (bicyclic) bond motifs is 1. The van der Waals surface area contributed by atoms with Gasteiger partial charge in [0.15, 0.2) is 25.2 Å². The van der Waals surface area contributed by atoms with E-state index in [0.717, 1.165) is 5.57 Å². The second-order valence-corrected chi connectivity index (χ2v) is 17.7. The van der Waals surface area contributed by atoms with Crippen LogP contribution >= 0.6 is 0 Å². The molecule has 12 N–H and O–H groups in total. The average molecular weight is 827 g/mol. The van der Waals surface area contributed by atoms with Crippen molar-refractivity contribution in [3.63, 3.8) is 0 Å². The van der Waals surface area contributed by atoms with Crippen LogP contribution in [-0.2, 0) is 37.9 Å². The van der Waals surface area contributed by atoms with Crippen LogP contribution in [0.1, 0.15) is 52.9 Å². The minimum atomic E-state index is -1.92. The number of rotatable bonds is 13. The van der Waals surface area contributed by atoms with Gasteiger partial charge >= 0.3 is 0 Å². The first-order chi connectivity index (χ1) is 26.7. The molecule has 0 radical (unpaired) electrons. The van der Waals surface area contributed by atoms with Crippen LogP contribution in [0.2, 0.25) is 0 Å². The Morgan fingerprint density at radius 2 is 1.21 bits per heavy atom. The minimum absolute atomic E-state index is 0.0151. The first-order valence-electron chi connectivity index (χ1n) is 19.6. The highest BCUT2D eigenvalue weighted by Gasteiger charge is 2.55. The van der Waals surface area contributed by atoms with Crippen LogP contribution in [0.5, 0.6) is 0 Å². The van der Waals surface area contributed by atoms with Crippen molar-refractivity contribution in [2.45, 2.75) is 162 Å². The summed E-state index contributed by atoms with van der Waals surface area (Å²) < 4.78 is 45.9. The van der Waals surface area contributed by atoms with Crippen molar-refractivity contribution in [1.29, 1.82) is 0 Å². The molecule has 4 heterocycles. The lowest BCUT2D eigenvalue weighted by Gasteiger charge is -2.54. The van der Waals surface area contributed by atoms with Gasteiger partial charge in [-0.25, -0.2) is 0 Å². The summed E-state index contributed by atoms with van der Waals surface area (Å²) in [4.78, 5) is 0. The molecule has 6 aliphatic rings. The Morgan fingerprint density at radius 1 is 0.719 bits per heavy atom. The van der Waals surface area contributed by atoms with Gasteiger partial charge in [0.25, 0.3) is 0 Å². The quantitative estimate of drug-likeness (QED) is 0.0615. The molecule has 0 bridgehead atoms. The van der Waals surface area contributed by atoms with E-state index in [1.807, 2.05) is 13.8 Å². The second kappa shape index (κ2) is 17.4. The summed E-state index contributed by atoms with van der Waals surface area (Å²) in [5, 5.41) is 124. The van der Waals surface area contributed by atoms with Crippen LogP contribution < -0.4 is 0 Å². The molecule has 6 rings (SSSR count). The largest absolute Gasteiger partial charge is 0.393 e. The third-order valence-corrected chi connectivity index (χ3v) is 13.2. The molecule has 20 atom stereocenters. The number of aliphatic hydroxyl groups is 12. The molecule has 0 aromatic carbocycles. The Labute approximate surface area is 330 Å². The molecular weight excluding hydrogens is 764 g/mol. The van der Waals surface area contributed by atoms with Gasteiger partial charge < -0.3 is 99.2 Å². The van der Waals surface area contributed by atoms with Gasteiger partial charge in [-0.2, -0.15) is 0 Å². The van der Waals surface area contributed by atoms with Crippen molar-refractivity contribution in [2.24, 2.45) is 17.3 Å². The van der Waals surface area contributed by atoms with Crippen molar-refractivity contribution in [1.82, 2.24) is 0 Å². The van der Waals surface area contributed by atoms with Crippen molar-refractivity contribution in [2.75, 3.05) is 39.6 Å². The van der Waals surface area contributed by atoms with Crippen LogP contribution in [0, 0.1) is 17.3 Å².